The molecule has 0 fully saturated rings. The molecule has 4 aromatic rings. The first-order chi connectivity index (χ1) is 14.4. The molecule has 0 spiro atoms. The summed E-state index contributed by atoms with van der Waals surface area (Å²) in [5.74, 6) is 0. The summed E-state index contributed by atoms with van der Waals surface area (Å²) in [6.07, 6.45) is 6.44. The lowest BCUT2D eigenvalue weighted by Gasteiger charge is -2.13. The van der Waals surface area contributed by atoms with Crippen LogP contribution in [-0.2, 0) is 17.7 Å². The van der Waals surface area contributed by atoms with Gasteiger partial charge in [-0.25, -0.2) is 4.98 Å². The summed E-state index contributed by atoms with van der Waals surface area (Å²) in [4.78, 5) is 30.3. The number of pyridine rings is 1. The van der Waals surface area contributed by atoms with Crippen LogP contribution in [0, 0.1) is 6.92 Å². The van der Waals surface area contributed by atoms with Crippen molar-refractivity contribution in [2.75, 3.05) is 6.26 Å². The molecule has 3 heterocycles. The molecule has 0 aliphatic rings. The number of rotatable bonds is 4. The van der Waals surface area contributed by atoms with Crippen LogP contribution in [0.4, 0.5) is 0 Å². The van der Waals surface area contributed by atoms with Crippen LogP contribution >= 0.6 is 11.6 Å². The highest BCUT2D eigenvalue weighted by molar-refractivity contribution is 7.90. The molecule has 4 rings (SSSR count). The smallest absolute Gasteiger partial charge is 0.344 e. The predicted octanol–water partition coefficient (Wildman–Crippen LogP) is 3.63. The number of benzene rings is 1. The molecule has 0 amide bonds. The number of fused-ring (bicyclic) bond motifs is 1. The van der Waals surface area contributed by atoms with Gasteiger partial charge in [0.2, 0.25) is 0 Å². The van der Waals surface area contributed by atoms with Crippen molar-refractivity contribution in [3.63, 3.8) is 0 Å². The summed E-state index contributed by atoms with van der Waals surface area (Å²) in [6.45, 7) is 4.14. The fourth-order valence-corrected chi connectivity index (χ4v) is 3.96. The summed E-state index contributed by atoms with van der Waals surface area (Å²) in [5, 5.41) is 1.30. The van der Waals surface area contributed by atoms with Crippen molar-refractivity contribution in [1.82, 2.24) is 24.5 Å². The topological polar surface area (TPSA) is 96.6 Å². The van der Waals surface area contributed by atoms with E-state index in [2.05, 4.69) is 19.9 Å². The van der Waals surface area contributed by atoms with Crippen LogP contribution < -0.4 is 5.56 Å². The second-order valence-electron chi connectivity index (χ2n) is 6.73. The van der Waals surface area contributed by atoms with Gasteiger partial charge in [0.1, 0.15) is 6.26 Å². The van der Waals surface area contributed by atoms with Crippen molar-refractivity contribution >= 4 is 33.8 Å². The minimum Gasteiger partial charge on any atom is -0.609 e. The van der Waals surface area contributed by atoms with Crippen LogP contribution in [0.1, 0.15) is 12.6 Å². The zero-order valence-electron chi connectivity index (χ0n) is 16.6. The Morgan fingerprint density at radius 3 is 2.60 bits per heavy atom. The van der Waals surface area contributed by atoms with Crippen molar-refractivity contribution in [3.05, 3.63) is 63.9 Å². The molecule has 1 atom stereocenters. The minimum absolute atomic E-state index is 0.193. The van der Waals surface area contributed by atoms with E-state index < -0.39 is 11.2 Å². The Labute approximate surface area is 181 Å². The molecule has 30 heavy (non-hydrogen) atoms. The predicted molar refractivity (Wildman–Crippen MR) is 118 cm³/mol. The standard InChI is InChI=1S/C21H18ClN5O2S/c1-4-27-19-14(10-24-21(26-19)30(3)29)7-16(20(27)28)15-6-5-13(8-17(15)22)18-11-23-9-12(2)25-18/h5-11H,4H2,1-3H3. The monoisotopic (exact) mass is 439 g/mol. The van der Waals surface area contributed by atoms with Crippen LogP contribution in [0.25, 0.3) is 33.4 Å². The van der Waals surface area contributed by atoms with Crippen molar-refractivity contribution in [1.29, 1.82) is 0 Å². The second kappa shape index (κ2) is 8.14. The Balaban J connectivity index is 1.88. The molecule has 152 valence electrons. The Kier molecular flexibility index (Phi) is 5.55. The molecule has 9 heteroatoms. The quantitative estimate of drug-likeness (QED) is 0.356. The first-order valence-corrected chi connectivity index (χ1v) is 11.2. The van der Waals surface area contributed by atoms with Gasteiger partial charge < -0.3 is 4.55 Å². The van der Waals surface area contributed by atoms with E-state index in [-0.39, 0.29) is 10.7 Å². The number of aromatic nitrogens is 5. The van der Waals surface area contributed by atoms with Gasteiger partial charge in [0, 0.05) is 57.2 Å². The summed E-state index contributed by atoms with van der Waals surface area (Å²) >= 11 is 5.23. The molecular weight excluding hydrogens is 422 g/mol. The molecule has 0 N–H and O–H groups in total. The summed E-state index contributed by atoms with van der Waals surface area (Å²) in [7, 11) is 0. The highest BCUT2D eigenvalue weighted by Gasteiger charge is 2.17. The molecule has 0 saturated heterocycles. The third-order valence-corrected chi connectivity index (χ3v) is 5.71. The van der Waals surface area contributed by atoms with E-state index in [0.717, 1.165) is 11.3 Å². The van der Waals surface area contributed by atoms with Gasteiger partial charge >= 0.3 is 5.16 Å². The fraction of sp³-hybridized carbons (Fsp3) is 0.190. The second-order valence-corrected chi connectivity index (χ2v) is 8.41. The maximum Gasteiger partial charge on any atom is 0.344 e. The van der Waals surface area contributed by atoms with Crippen molar-refractivity contribution in [3.8, 4) is 22.4 Å². The minimum atomic E-state index is -1.34. The number of aryl methyl sites for hydroxylation is 2. The van der Waals surface area contributed by atoms with Gasteiger partial charge in [0.25, 0.3) is 5.56 Å². The van der Waals surface area contributed by atoms with E-state index in [1.165, 1.54) is 6.26 Å². The van der Waals surface area contributed by atoms with Crippen LogP contribution in [0.2, 0.25) is 5.02 Å². The van der Waals surface area contributed by atoms with E-state index in [1.54, 1.807) is 41.4 Å². The largest absolute Gasteiger partial charge is 0.609 e. The Hall–Kier alpha value is -2.81. The molecular formula is C21H18ClN5O2S. The molecule has 1 aromatic carbocycles. The SMILES string of the molecule is CCn1c(=O)c(-c2ccc(-c3cncc(C)n3)cc2Cl)cc2cnc([S+](C)[O-])nc21. The number of hydrogen-bond donors (Lipinski definition) is 0. The van der Waals surface area contributed by atoms with E-state index in [1.807, 2.05) is 19.9 Å². The third kappa shape index (κ3) is 3.69. The van der Waals surface area contributed by atoms with E-state index in [0.29, 0.717) is 39.4 Å². The third-order valence-electron chi connectivity index (χ3n) is 4.69. The molecule has 1 unspecified atom stereocenters. The Morgan fingerprint density at radius 2 is 1.93 bits per heavy atom. The highest BCUT2D eigenvalue weighted by atomic mass is 35.5. The maximum absolute atomic E-state index is 13.2. The van der Waals surface area contributed by atoms with Crippen molar-refractivity contribution in [2.24, 2.45) is 0 Å². The molecule has 3 aromatic heterocycles. The molecule has 0 saturated carbocycles. The molecule has 0 radical (unpaired) electrons. The lowest BCUT2D eigenvalue weighted by atomic mass is 10.0. The number of halogens is 1. The molecule has 0 aliphatic carbocycles. The zero-order chi connectivity index (χ0) is 21.4. The van der Waals surface area contributed by atoms with Gasteiger partial charge in [-0.2, -0.15) is 9.97 Å². The van der Waals surface area contributed by atoms with Crippen LogP contribution in [0.15, 0.2) is 52.8 Å². The van der Waals surface area contributed by atoms with Crippen molar-refractivity contribution < 1.29 is 4.55 Å². The lowest BCUT2D eigenvalue weighted by Crippen LogP contribution is -2.23. The van der Waals surface area contributed by atoms with Crippen LogP contribution in [0.3, 0.4) is 0 Å². The summed E-state index contributed by atoms with van der Waals surface area (Å²) in [5.41, 5.74) is 3.62. The summed E-state index contributed by atoms with van der Waals surface area (Å²) in [6, 6.07) is 7.17. The maximum atomic E-state index is 13.2. The van der Waals surface area contributed by atoms with Gasteiger partial charge in [0.05, 0.1) is 17.6 Å². The first-order valence-electron chi connectivity index (χ1n) is 9.22. The van der Waals surface area contributed by atoms with Gasteiger partial charge in [-0.15, -0.1) is 0 Å². The van der Waals surface area contributed by atoms with Crippen LogP contribution in [0.5, 0.6) is 0 Å². The van der Waals surface area contributed by atoms with Gasteiger partial charge in [-0.05, 0) is 26.0 Å². The number of nitrogens with zero attached hydrogens (tertiary/aromatic N) is 5. The highest BCUT2D eigenvalue weighted by Crippen LogP contribution is 2.31. The van der Waals surface area contributed by atoms with E-state index >= 15 is 0 Å². The first kappa shape index (κ1) is 20.5. The normalized spacial score (nSPS) is 12.3. The molecule has 0 aliphatic heterocycles. The average Bonchev–Trinajstić information content (AvgIpc) is 2.73. The molecule has 0 bridgehead atoms. The van der Waals surface area contributed by atoms with Gasteiger partial charge in [0.15, 0.2) is 5.65 Å². The van der Waals surface area contributed by atoms with Crippen molar-refractivity contribution in [2.45, 2.75) is 25.5 Å². The average molecular weight is 440 g/mol. The Bertz CT molecular complexity index is 1320. The van der Waals surface area contributed by atoms with Gasteiger partial charge in [-0.3, -0.25) is 14.3 Å². The Morgan fingerprint density at radius 1 is 1.13 bits per heavy atom. The van der Waals surface area contributed by atoms with E-state index in [9.17, 15) is 9.35 Å². The molecule has 7 nitrogen and oxygen atoms in total. The number of hydrogen-bond acceptors (Lipinski definition) is 6. The van der Waals surface area contributed by atoms with E-state index in [4.69, 9.17) is 11.6 Å². The van der Waals surface area contributed by atoms with Crippen LogP contribution in [-0.4, -0.2) is 35.3 Å². The fourth-order valence-electron chi connectivity index (χ4n) is 3.26. The summed E-state index contributed by atoms with van der Waals surface area (Å²) < 4.78 is 13.3. The lowest BCUT2D eigenvalue weighted by molar-refractivity contribution is 0.592. The zero-order valence-corrected chi connectivity index (χ0v) is 18.2. The van der Waals surface area contributed by atoms with Gasteiger partial charge in [-0.1, -0.05) is 23.7 Å².